The van der Waals surface area contributed by atoms with E-state index in [0.29, 0.717) is 11.4 Å². The van der Waals surface area contributed by atoms with E-state index in [0.717, 1.165) is 16.6 Å². The van der Waals surface area contributed by atoms with Gasteiger partial charge in [-0.25, -0.2) is 0 Å². The van der Waals surface area contributed by atoms with Gasteiger partial charge in [-0.15, -0.1) is 11.3 Å². The van der Waals surface area contributed by atoms with Gasteiger partial charge in [-0.1, -0.05) is 6.07 Å². The van der Waals surface area contributed by atoms with Crippen LogP contribution in [0.5, 0.6) is 0 Å². The number of nitrogens with zero attached hydrogens (tertiary/aromatic N) is 1. The van der Waals surface area contributed by atoms with Crippen molar-refractivity contribution < 1.29 is 22.0 Å². The predicted molar refractivity (Wildman–Crippen MR) is 66.1 cm³/mol. The Bertz CT molecular complexity index is 445. The first-order valence-electron chi connectivity index (χ1n) is 4.71. The van der Waals surface area contributed by atoms with Crippen LogP contribution in [0.2, 0.25) is 0 Å². The minimum absolute atomic E-state index is 0. The van der Waals surface area contributed by atoms with E-state index in [1.54, 1.807) is 6.08 Å². The number of thiophene rings is 1. The Kier molecular flexibility index (Phi) is 5.20. The zero-order chi connectivity index (χ0) is 11.5. The van der Waals surface area contributed by atoms with Crippen molar-refractivity contribution in [2.24, 2.45) is 5.73 Å². The monoisotopic (exact) mass is 289 g/mol. The number of halogens is 1. The maximum Gasteiger partial charge on any atom is 0.293 e. The van der Waals surface area contributed by atoms with Crippen molar-refractivity contribution in [3.05, 3.63) is 27.3 Å². The first-order chi connectivity index (χ1) is 7.72. The molecule has 2 N–H and O–H groups in total. The molecule has 2 rings (SSSR count). The number of carbonyl (C=O) groups is 2. The quantitative estimate of drug-likeness (QED) is 0.706. The summed E-state index contributed by atoms with van der Waals surface area (Å²) in [6.45, 7) is 0.580. The van der Waals surface area contributed by atoms with Gasteiger partial charge in [0.05, 0.1) is 4.91 Å². The Morgan fingerprint density at radius 2 is 2.18 bits per heavy atom. The first-order valence-corrected chi connectivity index (χ1v) is 6.41. The molecule has 2 heterocycles. The fourth-order valence-electron chi connectivity index (χ4n) is 1.32. The lowest BCUT2D eigenvalue weighted by atomic mass is 10.3. The van der Waals surface area contributed by atoms with Gasteiger partial charge in [0.1, 0.15) is 0 Å². The smallest absolute Gasteiger partial charge is 0.293 e. The molecule has 0 aromatic carbocycles. The summed E-state index contributed by atoms with van der Waals surface area (Å²) in [5.74, 6) is -0.242. The third-order valence-electron chi connectivity index (χ3n) is 2.04. The zero-order valence-electron chi connectivity index (χ0n) is 8.76. The molecule has 1 fully saturated rings. The van der Waals surface area contributed by atoms with Crippen molar-refractivity contribution in [2.75, 3.05) is 13.1 Å². The van der Waals surface area contributed by atoms with E-state index in [-0.39, 0.29) is 30.1 Å². The molecule has 0 atom stereocenters. The molecule has 4 nitrogen and oxygen atoms in total. The standard InChI is InChI=1S/C10H10N2O2S2.ClH/c11-3-4-12-9(13)8(16-10(12)14)6-7-2-1-5-15-7;/h1-2,5-6H,3-4,11H2;1H/p-1/b8-6-;. The minimum Gasteiger partial charge on any atom is -1.00 e. The van der Waals surface area contributed by atoms with Gasteiger partial charge in [-0.05, 0) is 29.3 Å². The van der Waals surface area contributed by atoms with Crippen LogP contribution >= 0.6 is 23.1 Å². The fraction of sp³-hybridized carbons (Fsp3) is 0.200. The lowest BCUT2D eigenvalue weighted by Crippen LogP contribution is -3.00. The minimum atomic E-state index is -0.242. The highest BCUT2D eigenvalue weighted by molar-refractivity contribution is 8.18. The van der Waals surface area contributed by atoms with Gasteiger partial charge in [0.25, 0.3) is 11.1 Å². The van der Waals surface area contributed by atoms with E-state index in [2.05, 4.69) is 0 Å². The summed E-state index contributed by atoms with van der Waals surface area (Å²) < 4.78 is 0. The average molecular weight is 290 g/mol. The molecule has 0 aliphatic carbocycles. The average Bonchev–Trinajstić information content (AvgIpc) is 2.84. The van der Waals surface area contributed by atoms with Crippen LogP contribution in [0, 0.1) is 0 Å². The molecular weight excluding hydrogens is 280 g/mol. The first kappa shape index (κ1) is 14.2. The molecule has 0 bridgehead atoms. The maximum atomic E-state index is 11.8. The number of hydrogen-bond donors (Lipinski definition) is 1. The number of thioether (sulfide) groups is 1. The van der Waals surface area contributed by atoms with E-state index in [1.165, 1.54) is 16.2 Å². The summed E-state index contributed by atoms with van der Waals surface area (Å²) in [5, 5.41) is 1.69. The second kappa shape index (κ2) is 6.20. The molecule has 0 saturated carbocycles. The third-order valence-corrected chi connectivity index (χ3v) is 3.77. The van der Waals surface area contributed by atoms with Crippen molar-refractivity contribution >= 4 is 40.3 Å². The summed E-state index contributed by atoms with van der Waals surface area (Å²) in [6, 6.07) is 3.81. The normalized spacial score (nSPS) is 17.7. The van der Waals surface area contributed by atoms with Crippen LogP contribution in [0.3, 0.4) is 0 Å². The fourth-order valence-corrected chi connectivity index (χ4v) is 2.91. The Morgan fingerprint density at radius 3 is 2.76 bits per heavy atom. The van der Waals surface area contributed by atoms with Gasteiger partial charge >= 0.3 is 0 Å². The summed E-state index contributed by atoms with van der Waals surface area (Å²) in [4.78, 5) is 25.9. The van der Waals surface area contributed by atoms with Crippen molar-refractivity contribution in [1.82, 2.24) is 4.90 Å². The lowest BCUT2D eigenvalue weighted by Gasteiger charge is -2.09. The second-order valence-corrected chi connectivity index (χ2v) is 5.11. The largest absolute Gasteiger partial charge is 1.00 e. The van der Waals surface area contributed by atoms with Gasteiger partial charge in [0.2, 0.25) is 0 Å². The molecule has 92 valence electrons. The summed E-state index contributed by atoms with van der Waals surface area (Å²) >= 11 is 2.50. The molecule has 1 aromatic rings. The van der Waals surface area contributed by atoms with Gasteiger partial charge in [0.15, 0.2) is 0 Å². The van der Waals surface area contributed by atoms with Crippen LogP contribution in [0.4, 0.5) is 4.79 Å². The Balaban J connectivity index is 0.00000144. The number of nitrogens with two attached hydrogens (primary N) is 1. The predicted octanol–water partition coefficient (Wildman–Crippen LogP) is -1.25. The van der Waals surface area contributed by atoms with Crippen molar-refractivity contribution in [3.8, 4) is 0 Å². The second-order valence-electron chi connectivity index (χ2n) is 3.14. The maximum absolute atomic E-state index is 11.8. The van der Waals surface area contributed by atoms with Crippen LogP contribution in [-0.2, 0) is 4.79 Å². The van der Waals surface area contributed by atoms with Crippen molar-refractivity contribution in [1.29, 1.82) is 0 Å². The molecular formula is C10H10ClN2O2S2-. The van der Waals surface area contributed by atoms with E-state index in [1.807, 2.05) is 17.5 Å². The highest BCUT2D eigenvalue weighted by Crippen LogP contribution is 2.32. The Labute approximate surface area is 113 Å². The van der Waals surface area contributed by atoms with Gasteiger partial charge in [-0.2, -0.15) is 0 Å². The van der Waals surface area contributed by atoms with Gasteiger partial charge in [0, 0.05) is 18.0 Å². The van der Waals surface area contributed by atoms with E-state index in [4.69, 9.17) is 5.73 Å². The van der Waals surface area contributed by atoms with Crippen LogP contribution in [0.15, 0.2) is 22.4 Å². The summed E-state index contributed by atoms with van der Waals surface area (Å²) in [5.41, 5.74) is 5.34. The Morgan fingerprint density at radius 1 is 1.41 bits per heavy atom. The van der Waals surface area contributed by atoms with Gasteiger partial charge < -0.3 is 18.1 Å². The number of imide groups is 1. The molecule has 1 aliphatic rings. The number of rotatable bonds is 3. The molecule has 0 unspecified atom stereocenters. The Hall–Kier alpha value is -0.820. The van der Waals surface area contributed by atoms with E-state index in [9.17, 15) is 9.59 Å². The van der Waals surface area contributed by atoms with E-state index >= 15 is 0 Å². The van der Waals surface area contributed by atoms with Crippen LogP contribution < -0.4 is 18.1 Å². The molecule has 17 heavy (non-hydrogen) atoms. The highest BCUT2D eigenvalue weighted by atomic mass is 35.5. The molecule has 1 saturated heterocycles. The number of hydrogen-bond acceptors (Lipinski definition) is 5. The topological polar surface area (TPSA) is 63.4 Å². The molecule has 0 spiro atoms. The van der Waals surface area contributed by atoms with Gasteiger partial charge in [-0.3, -0.25) is 14.5 Å². The SMILES string of the molecule is NCCN1C(=O)S/C(=C\c2cccs2)C1=O.[Cl-]. The number of carbonyl (C=O) groups excluding carboxylic acids is 2. The molecule has 2 amide bonds. The lowest BCUT2D eigenvalue weighted by molar-refractivity contribution is -0.122. The number of amides is 2. The van der Waals surface area contributed by atoms with Crippen molar-refractivity contribution in [3.63, 3.8) is 0 Å². The zero-order valence-corrected chi connectivity index (χ0v) is 11.1. The summed E-state index contributed by atoms with van der Waals surface area (Å²) in [6.07, 6.45) is 1.74. The van der Waals surface area contributed by atoms with Crippen LogP contribution in [0.25, 0.3) is 6.08 Å². The van der Waals surface area contributed by atoms with Crippen molar-refractivity contribution in [2.45, 2.75) is 0 Å². The molecule has 1 aromatic heterocycles. The molecule has 0 radical (unpaired) electrons. The third kappa shape index (κ3) is 3.10. The van der Waals surface area contributed by atoms with E-state index < -0.39 is 0 Å². The molecule has 7 heteroatoms. The molecule has 1 aliphatic heterocycles. The van der Waals surface area contributed by atoms with Crippen LogP contribution in [-0.4, -0.2) is 29.1 Å². The van der Waals surface area contributed by atoms with Crippen LogP contribution in [0.1, 0.15) is 4.88 Å². The highest BCUT2D eigenvalue weighted by Gasteiger charge is 2.34. The summed E-state index contributed by atoms with van der Waals surface area (Å²) in [7, 11) is 0.